The van der Waals surface area contributed by atoms with E-state index in [1.165, 1.54) is 21.4 Å². The summed E-state index contributed by atoms with van der Waals surface area (Å²) >= 11 is 0. The van der Waals surface area contributed by atoms with Crippen molar-refractivity contribution in [3.05, 3.63) is 98.6 Å². The van der Waals surface area contributed by atoms with Gasteiger partial charge in [-0.05, 0) is 42.3 Å². The average molecular weight is 435 g/mol. The minimum Gasteiger partial charge on any atom is -0.493 e. The predicted octanol–water partition coefficient (Wildman–Crippen LogP) is 3.01. The zero-order valence-electron chi connectivity index (χ0n) is 17.7. The highest BCUT2D eigenvalue weighted by molar-refractivity contribution is 5.73. The molecule has 0 N–H and O–H groups in total. The third-order valence-corrected chi connectivity index (χ3v) is 5.34. The number of aryl methyl sites for hydroxylation is 1. The van der Waals surface area contributed by atoms with Gasteiger partial charge >= 0.3 is 5.69 Å². The number of nitrogens with zero attached hydrogens (tertiary/aromatic N) is 3. The van der Waals surface area contributed by atoms with Gasteiger partial charge in [-0.25, -0.2) is 14.2 Å². The summed E-state index contributed by atoms with van der Waals surface area (Å²) in [5, 5.41) is 0.302. The number of pyridine rings is 1. The number of benzene rings is 2. The van der Waals surface area contributed by atoms with Crippen molar-refractivity contribution in [3.8, 4) is 11.5 Å². The summed E-state index contributed by atoms with van der Waals surface area (Å²) in [5.74, 6) is 0.737. The molecule has 32 heavy (non-hydrogen) atoms. The third-order valence-electron chi connectivity index (χ3n) is 5.34. The molecule has 0 aliphatic heterocycles. The lowest BCUT2D eigenvalue weighted by Crippen LogP contribution is -2.41. The van der Waals surface area contributed by atoms with Gasteiger partial charge in [0.1, 0.15) is 11.5 Å². The fourth-order valence-corrected chi connectivity index (χ4v) is 3.66. The highest BCUT2D eigenvalue weighted by Crippen LogP contribution is 2.27. The van der Waals surface area contributed by atoms with Gasteiger partial charge in [-0.15, -0.1) is 0 Å². The molecule has 2 aromatic carbocycles. The number of methoxy groups -OCH3 is 2. The molecule has 0 amide bonds. The van der Waals surface area contributed by atoms with Crippen molar-refractivity contribution in [1.82, 2.24) is 14.1 Å². The Hall–Kier alpha value is -3.94. The maximum atomic E-state index is 14.3. The number of hydrogen-bond acceptors (Lipinski definition) is 5. The van der Waals surface area contributed by atoms with Crippen LogP contribution >= 0.6 is 0 Å². The van der Waals surface area contributed by atoms with Crippen LogP contribution in [0.5, 0.6) is 11.5 Å². The molecule has 0 atom stereocenters. The second-order valence-corrected chi connectivity index (χ2v) is 7.23. The van der Waals surface area contributed by atoms with Gasteiger partial charge in [0.05, 0.1) is 26.2 Å². The van der Waals surface area contributed by atoms with E-state index in [1.54, 1.807) is 50.6 Å². The number of hydrogen-bond donors (Lipinski definition) is 0. The summed E-state index contributed by atoms with van der Waals surface area (Å²) in [7, 11) is 3.10. The van der Waals surface area contributed by atoms with Crippen LogP contribution in [0, 0.1) is 5.82 Å². The number of rotatable bonds is 7. The molecule has 0 spiro atoms. The summed E-state index contributed by atoms with van der Waals surface area (Å²) in [6.07, 6.45) is 1.92. The Balaban J connectivity index is 1.76. The lowest BCUT2D eigenvalue weighted by atomic mass is 10.1. The Morgan fingerprint density at radius 2 is 1.72 bits per heavy atom. The molecular weight excluding hydrogens is 413 g/mol. The minimum atomic E-state index is -0.537. The number of halogens is 1. The van der Waals surface area contributed by atoms with Crippen molar-refractivity contribution in [3.63, 3.8) is 0 Å². The van der Waals surface area contributed by atoms with Crippen molar-refractivity contribution in [2.45, 2.75) is 19.5 Å². The van der Waals surface area contributed by atoms with Crippen LogP contribution in [0.3, 0.4) is 0 Å². The molecule has 0 unspecified atom stereocenters. The van der Waals surface area contributed by atoms with Crippen LogP contribution in [-0.2, 0) is 19.5 Å². The quantitative estimate of drug-likeness (QED) is 0.446. The van der Waals surface area contributed by atoms with E-state index >= 15 is 0 Å². The molecule has 0 radical (unpaired) electrons. The van der Waals surface area contributed by atoms with Gasteiger partial charge in [0, 0.05) is 18.3 Å². The number of fused-ring (bicyclic) bond motifs is 1. The molecule has 0 aliphatic rings. The first-order valence-electron chi connectivity index (χ1n) is 10.1. The van der Waals surface area contributed by atoms with Gasteiger partial charge in [-0.1, -0.05) is 24.3 Å². The lowest BCUT2D eigenvalue weighted by Gasteiger charge is -2.14. The third kappa shape index (κ3) is 3.99. The van der Waals surface area contributed by atoms with Gasteiger partial charge in [0.25, 0.3) is 5.56 Å². The van der Waals surface area contributed by atoms with E-state index in [4.69, 9.17) is 9.47 Å². The lowest BCUT2D eigenvalue weighted by molar-refractivity contribution is 0.354. The molecule has 0 bridgehead atoms. The van der Waals surface area contributed by atoms with E-state index in [9.17, 15) is 14.0 Å². The van der Waals surface area contributed by atoms with Gasteiger partial charge in [0.15, 0.2) is 11.5 Å². The number of aromatic nitrogens is 3. The van der Waals surface area contributed by atoms with Crippen LogP contribution in [0.15, 0.2) is 70.4 Å². The normalized spacial score (nSPS) is 11.0. The Morgan fingerprint density at radius 3 is 2.47 bits per heavy atom. The van der Waals surface area contributed by atoms with Crippen LogP contribution in [0.2, 0.25) is 0 Å². The molecule has 0 saturated carbocycles. The van der Waals surface area contributed by atoms with E-state index in [-0.39, 0.29) is 18.7 Å². The van der Waals surface area contributed by atoms with Crippen LogP contribution in [0.1, 0.15) is 11.1 Å². The Bertz CT molecular complexity index is 1390. The highest BCUT2D eigenvalue weighted by atomic mass is 19.1. The zero-order chi connectivity index (χ0) is 22.7. The predicted molar refractivity (Wildman–Crippen MR) is 119 cm³/mol. The summed E-state index contributed by atoms with van der Waals surface area (Å²) in [6, 6.07) is 14.9. The molecule has 164 valence electrons. The largest absolute Gasteiger partial charge is 0.493 e. The van der Waals surface area contributed by atoms with E-state index in [2.05, 4.69) is 4.98 Å². The Labute approximate surface area is 183 Å². The molecule has 4 aromatic rings. The standard InChI is InChI=1S/C24H22FN3O4/c1-31-20-10-9-16(14-21(20)32-2)11-13-27-23(29)18-7-5-12-26-22(18)28(24(27)30)15-17-6-3-4-8-19(17)25/h3-10,12,14H,11,13,15H2,1-2H3. The summed E-state index contributed by atoms with van der Waals surface area (Å²) < 4.78 is 27.3. The molecule has 0 fully saturated rings. The van der Waals surface area contributed by atoms with Gasteiger partial charge in [-0.2, -0.15) is 0 Å². The highest BCUT2D eigenvalue weighted by Gasteiger charge is 2.16. The fourth-order valence-electron chi connectivity index (χ4n) is 3.66. The van der Waals surface area contributed by atoms with Gasteiger partial charge < -0.3 is 9.47 Å². The first-order valence-corrected chi connectivity index (χ1v) is 10.1. The molecule has 2 heterocycles. The summed E-state index contributed by atoms with van der Waals surface area (Å²) in [4.78, 5) is 30.6. The molecule has 0 aliphatic carbocycles. The number of ether oxygens (including phenoxy) is 2. The van der Waals surface area contributed by atoms with Crippen LogP contribution < -0.4 is 20.7 Å². The molecule has 8 heteroatoms. The maximum absolute atomic E-state index is 14.3. The molecule has 2 aromatic heterocycles. The summed E-state index contributed by atoms with van der Waals surface area (Å²) in [5.41, 5.74) is 0.481. The first kappa shape index (κ1) is 21.3. The van der Waals surface area contributed by atoms with E-state index in [1.807, 2.05) is 12.1 Å². The Kier molecular flexibility index (Phi) is 6.02. The minimum absolute atomic E-state index is 0.0321. The monoisotopic (exact) mass is 435 g/mol. The van der Waals surface area contributed by atoms with Crippen molar-refractivity contribution in [1.29, 1.82) is 0 Å². The summed E-state index contributed by atoms with van der Waals surface area (Å²) in [6.45, 7) is 0.116. The van der Waals surface area contributed by atoms with Crippen molar-refractivity contribution < 1.29 is 13.9 Å². The van der Waals surface area contributed by atoms with E-state index in [0.717, 1.165) is 5.56 Å². The van der Waals surface area contributed by atoms with Crippen LogP contribution in [0.4, 0.5) is 4.39 Å². The average Bonchev–Trinajstić information content (AvgIpc) is 2.82. The SMILES string of the molecule is COc1ccc(CCn2c(=O)c3cccnc3n(Cc3ccccc3F)c2=O)cc1OC. The smallest absolute Gasteiger partial charge is 0.332 e. The van der Waals surface area contributed by atoms with Crippen molar-refractivity contribution in [2.75, 3.05) is 14.2 Å². The zero-order valence-corrected chi connectivity index (χ0v) is 17.7. The topological polar surface area (TPSA) is 75.4 Å². The molecule has 0 saturated heterocycles. The van der Waals surface area contributed by atoms with Crippen molar-refractivity contribution in [2.24, 2.45) is 0 Å². The fraction of sp³-hybridized carbons (Fsp3) is 0.208. The van der Waals surface area contributed by atoms with E-state index in [0.29, 0.717) is 28.9 Å². The second-order valence-electron chi connectivity index (χ2n) is 7.23. The van der Waals surface area contributed by atoms with Crippen LogP contribution in [-0.4, -0.2) is 28.3 Å². The Morgan fingerprint density at radius 1 is 0.938 bits per heavy atom. The van der Waals surface area contributed by atoms with Gasteiger partial charge in [0.2, 0.25) is 0 Å². The maximum Gasteiger partial charge on any atom is 0.332 e. The van der Waals surface area contributed by atoms with Crippen LogP contribution in [0.25, 0.3) is 11.0 Å². The van der Waals surface area contributed by atoms with Gasteiger partial charge in [-0.3, -0.25) is 13.9 Å². The molecular formula is C24H22FN3O4. The molecule has 4 rings (SSSR count). The van der Waals surface area contributed by atoms with Crippen molar-refractivity contribution >= 4 is 11.0 Å². The molecule has 7 nitrogen and oxygen atoms in total. The first-order chi connectivity index (χ1) is 15.5. The van der Waals surface area contributed by atoms with E-state index < -0.39 is 17.1 Å². The second kappa shape index (κ2) is 9.05.